The van der Waals surface area contributed by atoms with E-state index in [-0.39, 0.29) is 0 Å². The number of benzene rings is 1. The summed E-state index contributed by atoms with van der Waals surface area (Å²) in [5, 5.41) is 16.7. The lowest BCUT2D eigenvalue weighted by atomic mass is 10.1. The smallest absolute Gasteiger partial charge is 0.191 e. The Morgan fingerprint density at radius 3 is 3.12 bits per heavy atom. The van der Waals surface area contributed by atoms with E-state index in [4.69, 9.17) is 11.6 Å². The second kappa shape index (κ2) is 5.18. The Hall–Kier alpha value is -1.26. The molecular weight excluding hydrogens is 226 g/mol. The maximum Gasteiger partial charge on any atom is 0.191 e. The summed E-state index contributed by atoms with van der Waals surface area (Å²) in [6.45, 7) is 2.07. The van der Waals surface area contributed by atoms with E-state index < -0.39 is 6.10 Å². The summed E-state index contributed by atoms with van der Waals surface area (Å²) in [7, 11) is 0. The van der Waals surface area contributed by atoms with Crippen molar-refractivity contribution in [3.05, 3.63) is 34.9 Å². The Kier molecular flexibility index (Phi) is 3.64. The van der Waals surface area contributed by atoms with Crippen LogP contribution in [0.2, 0.25) is 5.02 Å². The molecule has 16 heavy (non-hydrogen) atoms. The first kappa shape index (κ1) is 11.2. The van der Waals surface area contributed by atoms with Crippen LogP contribution in [0.25, 0.3) is 0 Å². The summed E-state index contributed by atoms with van der Waals surface area (Å²) >= 11 is 5.85. The quantitative estimate of drug-likeness (QED) is 0.735. The van der Waals surface area contributed by atoms with Crippen LogP contribution in [-0.4, -0.2) is 30.7 Å². The third-order valence-electron chi connectivity index (χ3n) is 2.37. The van der Waals surface area contributed by atoms with Crippen LogP contribution in [-0.2, 0) is 0 Å². The number of nitrogens with zero attached hydrogens (tertiary/aromatic N) is 1. The minimum atomic E-state index is -0.580. The highest BCUT2D eigenvalue weighted by atomic mass is 35.5. The molecule has 1 aromatic carbocycles. The molecule has 1 heterocycles. The number of hydrogen-bond donors (Lipinski definition) is 3. The molecule has 2 rings (SSSR count). The van der Waals surface area contributed by atoms with Gasteiger partial charge in [0, 0.05) is 18.1 Å². The van der Waals surface area contributed by atoms with Gasteiger partial charge < -0.3 is 15.7 Å². The SMILES string of the molecule is OC(CNC1=NCCN1)c1cccc(Cl)c1. The molecule has 0 aromatic heterocycles. The third-order valence-corrected chi connectivity index (χ3v) is 2.61. The molecule has 0 spiro atoms. The summed E-state index contributed by atoms with van der Waals surface area (Å²) in [6, 6.07) is 7.22. The zero-order chi connectivity index (χ0) is 11.4. The standard InChI is InChI=1S/C11H14ClN3O/c12-9-3-1-2-8(6-9)10(16)7-15-11-13-4-5-14-11/h1-3,6,10,16H,4-5,7H2,(H2,13,14,15). The number of aliphatic hydroxyl groups excluding tert-OH is 1. The summed E-state index contributed by atoms with van der Waals surface area (Å²) in [6.07, 6.45) is -0.580. The van der Waals surface area contributed by atoms with Crippen molar-refractivity contribution in [1.29, 1.82) is 0 Å². The molecular formula is C11H14ClN3O. The average molecular weight is 240 g/mol. The van der Waals surface area contributed by atoms with Gasteiger partial charge in [0.15, 0.2) is 5.96 Å². The number of hydrogen-bond acceptors (Lipinski definition) is 4. The molecule has 0 saturated carbocycles. The van der Waals surface area contributed by atoms with Gasteiger partial charge >= 0.3 is 0 Å². The topological polar surface area (TPSA) is 56.6 Å². The summed E-state index contributed by atoms with van der Waals surface area (Å²) in [4.78, 5) is 4.18. The number of aliphatic imine (C=N–C) groups is 1. The summed E-state index contributed by atoms with van der Waals surface area (Å²) in [5.74, 6) is 0.751. The zero-order valence-electron chi connectivity index (χ0n) is 8.78. The van der Waals surface area contributed by atoms with E-state index in [9.17, 15) is 5.11 Å². The van der Waals surface area contributed by atoms with Crippen molar-refractivity contribution in [2.45, 2.75) is 6.10 Å². The zero-order valence-corrected chi connectivity index (χ0v) is 9.54. The molecule has 3 N–H and O–H groups in total. The molecule has 0 amide bonds. The molecule has 1 atom stereocenters. The van der Waals surface area contributed by atoms with Gasteiger partial charge in [0.25, 0.3) is 0 Å². The number of nitrogens with one attached hydrogen (secondary N) is 2. The van der Waals surface area contributed by atoms with E-state index in [2.05, 4.69) is 15.6 Å². The van der Waals surface area contributed by atoms with Gasteiger partial charge in [-0.15, -0.1) is 0 Å². The molecule has 5 heteroatoms. The Balaban J connectivity index is 1.90. The number of halogens is 1. The average Bonchev–Trinajstić information content (AvgIpc) is 2.78. The highest BCUT2D eigenvalue weighted by molar-refractivity contribution is 6.30. The van der Waals surface area contributed by atoms with E-state index in [1.54, 1.807) is 12.1 Å². The summed E-state index contributed by atoms with van der Waals surface area (Å²) in [5.41, 5.74) is 0.804. The van der Waals surface area contributed by atoms with E-state index in [1.807, 2.05) is 12.1 Å². The van der Waals surface area contributed by atoms with Gasteiger partial charge in [0.2, 0.25) is 0 Å². The number of guanidine groups is 1. The van der Waals surface area contributed by atoms with Crippen molar-refractivity contribution in [3.8, 4) is 0 Å². The van der Waals surface area contributed by atoms with Gasteiger partial charge in [-0.05, 0) is 17.7 Å². The second-order valence-electron chi connectivity index (χ2n) is 3.61. The van der Waals surface area contributed by atoms with E-state index in [0.29, 0.717) is 11.6 Å². The fourth-order valence-corrected chi connectivity index (χ4v) is 1.74. The van der Waals surface area contributed by atoms with Gasteiger partial charge in [-0.25, -0.2) is 0 Å². The molecule has 0 radical (unpaired) electrons. The van der Waals surface area contributed by atoms with Crippen LogP contribution in [0.4, 0.5) is 0 Å². The number of rotatable bonds is 3. The van der Waals surface area contributed by atoms with E-state index >= 15 is 0 Å². The van der Waals surface area contributed by atoms with Crippen LogP contribution in [0.15, 0.2) is 29.3 Å². The Bertz CT molecular complexity index is 395. The monoisotopic (exact) mass is 239 g/mol. The highest BCUT2D eigenvalue weighted by Gasteiger charge is 2.10. The fraction of sp³-hybridized carbons (Fsp3) is 0.364. The van der Waals surface area contributed by atoms with Crippen LogP contribution < -0.4 is 10.6 Å². The molecule has 0 aliphatic carbocycles. The molecule has 1 aliphatic rings. The molecule has 0 bridgehead atoms. The van der Waals surface area contributed by atoms with Crippen molar-refractivity contribution >= 4 is 17.6 Å². The summed E-state index contributed by atoms with van der Waals surface area (Å²) < 4.78 is 0. The minimum absolute atomic E-state index is 0.423. The Labute approximate surface area is 99.3 Å². The van der Waals surface area contributed by atoms with Gasteiger partial charge in [-0.1, -0.05) is 23.7 Å². The van der Waals surface area contributed by atoms with Crippen molar-refractivity contribution in [3.63, 3.8) is 0 Å². The maximum absolute atomic E-state index is 9.90. The van der Waals surface area contributed by atoms with Crippen LogP contribution >= 0.6 is 11.6 Å². The molecule has 1 unspecified atom stereocenters. The lowest BCUT2D eigenvalue weighted by Crippen LogP contribution is -2.36. The molecule has 86 valence electrons. The maximum atomic E-state index is 9.90. The van der Waals surface area contributed by atoms with Gasteiger partial charge in [-0.3, -0.25) is 4.99 Å². The first-order valence-electron chi connectivity index (χ1n) is 5.21. The van der Waals surface area contributed by atoms with Crippen molar-refractivity contribution in [2.24, 2.45) is 4.99 Å². The number of aliphatic hydroxyl groups is 1. The van der Waals surface area contributed by atoms with Gasteiger partial charge in [-0.2, -0.15) is 0 Å². The highest BCUT2D eigenvalue weighted by Crippen LogP contribution is 2.16. The molecule has 0 fully saturated rings. The molecule has 1 aliphatic heterocycles. The van der Waals surface area contributed by atoms with Crippen LogP contribution in [0.5, 0.6) is 0 Å². The minimum Gasteiger partial charge on any atom is -0.387 e. The van der Waals surface area contributed by atoms with E-state index in [1.165, 1.54) is 0 Å². The lowest BCUT2D eigenvalue weighted by molar-refractivity contribution is 0.181. The predicted octanol–water partition coefficient (Wildman–Crippen LogP) is 0.922. The predicted molar refractivity (Wildman–Crippen MR) is 64.7 cm³/mol. The van der Waals surface area contributed by atoms with Gasteiger partial charge in [0.1, 0.15) is 0 Å². The van der Waals surface area contributed by atoms with E-state index in [0.717, 1.165) is 24.6 Å². The normalized spacial score (nSPS) is 16.5. The molecule has 1 aromatic rings. The fourth-order valence-electron chi connectivity index (χ4n) is 1.54. The van der Waals surface area contributed by atoms with Crippen LogP contribution in [0.1, 0.15) is 11.7 Å². The molecule has 4 nitrogen and oxygen atoms in total. The van der Waals surface area contributed by atoms with Crippen molar-refractivity contribution in [2.75, 3.05) is 19.6 Å². The van der Waals surface area contributed by atoms with Gasteiger partial charge in [0.05, 0.1) is 12.6 Å². The van der Waals surface area contributed by atoms with Crippen molar-refractivity contribution in [1.82, 2.24) is 10.6 Å². The third kappa shape index (κ3) is 2.87. The molecule has 0 saturated heterocycles. The van der Waals surface area contributed by atoms with Crippen LogP contribution in [0.3, 0.4) is 0 Å². The lowest BCUT2D eigenvalue weighted by Gasteiger charge is -2.13. The first-order valence-corrected chi connectivity index (χ1v) is 5.59. The van der Waals surface area contributed by atoms with Crippen molar-refractivity contribution < 1.29 is 5.11 Å². The second-order valence-corrected chi connectivity index (χ2v) is 4.05. The largest absolute Gasteiger partial charge is 0.387 e. The van der Waals surface area contributed by atoms with Crippen LogP contribution in [0, 0.1) is 0 Å². The first-order chi connectivity index (χ1) is 7.75. The Morgan fingerprint density at radius 2 is 2.44 bits per heavy atom. The Morgan fingerprint density at radius 1 is 1.56 bits per heavy atom.